The third-order valence-electron chi connectivity index (χ3n) is 3.27. The van der Waals surface area contributed by atoms with Crippen molar-refractivity contribution in [1.82, 2.24) is 0 Å². The molecular formula is C15H25Cl2N3O2. The molecule has 4 N–H and O–H groups in total. The van der Waals surface area contributed by atoms with Gasteiger partial charge in [-0.3, -0.25) is 4.79 Å². The van der Waals surface area contributed by atoms with Gasteiger partial charge in [0.2, 0.25) is 5.91 Å². The molecule has 1 atom stereocenters. The molecule has 1 aliphatic rings. The molecule has 1 aromatic rings. The van der Waals surface area contributed by atoms with Crippen molar-refractivity contribution >= 4 is 42.1 Å². The Kier molecular flexibility index (Phi) is 10.2. The number of rotatable bonds is 5. The van der Waals surface area contributed by atoms with Crippen molar-refractivity contribution < 1.29 is 9.53 Å². The van der Waals surface area contributed by atoms with E-state index in [9.17, 15) is 4.79 Å². The summed E-state index contributed by atoms with van der Waals surface area (Å²) in [5.41, 5.74) is 7.46. The number of nitrogens with one attached hydrogen (secondary N) is 2. The van der Waals surface area contributed by atoms with E-state index in [1.54, 1.807) is 0 Å². The summed E-state index contributed by atoms with van der Waals surface area (Å²) in [4.78, 5) is 11.6. The summed E-state index contributed by atoms with van der Waals surface area (Å²) in [5.74, 6) is -0.0508. The molecule has 5 nitrogen and oxygen atoms in total. The molecule has 7 heteroatoms. The Hall–Kier alpha value is -1.01. The second-order valence-corrected chi connectivity index (χ2v) is 5.34. The molecule has 0 aliphatic carbocycles. The first-order chi connectivity index (χ1) is 9.63. The summed E-state index contributed by atoms with van der Waals surface area (Å²) in [6.07, 6.45) is 2.40. The van der Waals surface area contributed by atoms with Crippen LogP contribution >= 0.6 is 24.8 Å². The van der Waals surface area contributed by atoms with Crippen LogP contribution in [0.4, 0.5) is 11.4 Å². The highest BCUT2D eigenvalue weighted by atomic mass is 35.5. The minimum atomic E-state index is -0.121. The maximum absolute atomic E-state index is 11.6. The highest BCUT2D eigenvalue weighted by molar-refractivity contribution is 5.91. The Bertz CT molecular complexity index is 435. The lowest BCUT2D eigenvalue weighted by Gasteiger charge is -2.24. The number of ether oxygens (including phenoxy) is 1. The third kappa shape index (κ3) is 7.31. The number of halogens is 2. The standard InChI is InChI=1S/C15H23N3O2.2ClH/c1-11(16)10-15(19)18-13-4-2-12(3-5-13)17-14-6-8-20-9-7-14;;/h2-5,11,14,17H,6-10,16H2,1H3,(H,18,19);2*1H. The Labute approximate surface area is 144 Å². The molecule has 22 heavy (non-hydrogen) atoms. The van der Waals surface area contributed by atoms with Gasteiger partial charge in [0.15, 0.2) is 0 Å². The number of anilines is 2. The fraction of sp³-hybridized carbons (Fsp3) is 0.533. The Balaban J connectivity index is 0.00000220. The van der Waals surface area contributed by atoms with Crippen molar-refractivity contribution in [1.29, 1.82) is 0 Å². The molecule has 1 aromatic carbocycles. The molecule has 1 unspecified atom stereocenters. The highest BCUT2D eigenvalue weighted by Crippen LogP contribution is 2.18. The first-order valence-electron chi connectivity index (χ1n) is 7.13. The predicted octanol–water partition coefficient (Wildman–Crippen LogP) is 2.80. The molecule has 0 radical (unpaired) electrons. The maximum atomic E-state index is 11.6. The summed E-state index contributed by atoms with van der Waals surface area (Å²) in [7, 11) is 0. The zero-order valence-corrected chi connectivity index (χ0v) is 14.3. The van der Waals surface area contributed by atoms with Crippen molar-refractivity contribution in [3.63, 3.8) is 0 Å². The molecule has 0 bridgehead atoms. The van der Waals surface area contributed by atoms with Crippen LogP contribution in [0.2, 0.25) is 0 Å². The summed E-state index contributed by atoms with van der Waals surface area (Å²) < 4.78 is 5.33. The number of carbonyl (C=O) groups is 1. The molecule has 1 aliphatic heterocycles. The molecule has 1 saturated heterocycles. The van der Waals surface area contributed by atoms with Gasteiger partial charge in [-0.05, 0) is 44.0 Å². The molecule has 0 saturated carbocycles. The Morgan fingerprint density at radius 1 is 1.23 bits per heavy atom. The molecule has 0 aromatic heterocycles. The van der Waals surface area contributed by atoms with E-state index in [0.29, 0.717) is 12.5 Å². The van der Waals surface area contributed by atoms with Crippen LogP contribution in [0.15, 0.2) is 24.3 Å². The first-order valence-corrected chi connectivity index (χ1v) is 7.13. The van der Waals surface area contributed by atoms with Gasteiger partial charge >= 0.3 is 0 Å². The summed E-state index contributed by atoms with van der Waals surface area (Å²) in [6, 6.07) is 8.13. The third-order valence-corrected chi connectivity index (χ3v) is 3.27. The lowest BCUT2D eigenvalue weighted by atomic mass is 10.1. The lowest BCUT2D eigenvalue weighted by molar-refractivity contribution is -0.116. The zero-order valence-electron chi connectivity index (χ0n) is 12.7. The maximum Gasteiger partial charge on any atom is 0.225 e. The molecule has 1 heterocycles. The van der Waals surface area contributed by atoms with Crippen molar-refractivity contribution in [3.8, 4) is 0 Å². The van der Waals surface area contributed by atoms with E-state index in [1.807, 2.05) is 31.2 Å². The fourth-order valence-electron chi connectivity index (χ4n) is 2.23. The second kappa shape index (κ2) is 10.7. The average molecular weight is 350 g/mol. The van der Waals surface area contributed by atoms with Gasteiger partial charge in [0.05, 0.1) is 0 Å². The minimum Gasteiger partial charge on any atom is -0.382 e. The van der Waals surface area contributed by atoms with Crippen LogP contribution in [0.25, 0.3) is 0 Å². The van der Waals surface area contributed by atoms with Crippen molar-refractivity contribution in [2.45, 2.75) is 38.3 Å². The predicted molar refractivity (Wildman–Crippen MR) is 95.3 cm³/mol. The number of hydrogen-bond donors (Lipinski definition) is 3. The Morgan fingerprint density at radius 3 is 2.32 bits per heavy atom. The van der Waals surface area contributed by atoms with E-state index in [-0.39, 0.29) is 36.8 Å². The highest BCUT2D eigenvalue weighted by Gasteiger charge is 2.13. The van der Waals surface area contributed by atoms with E-state index in [1.165, 1.54) is 0 Å². The summed E-state index contributed by atoms with van der Waals surface area (Å²) >= 11 is 0. The van der Waals surface area contributed by atoms with Crippen LogP contribution in [0.5, 0.6) is 0 Å². The lowest BCUT2D eigenvalue weighted by Crippen LogP contribution is -2.27. The van der Waals surface area contributed by atoms with Crippen LogP contribution in [-0.4, -0.2) is 31.2 Å². The molecule has 1 fully saturated rings. The van der Waals surface area contributed by atoms with Crippen LogP contribution < -0.4 is 16.4 Å². The van der Waals surface area contributed by atoms with E-state index >= 15 is 0 Å². The van der Waals surface area contributed by atoms with Crippen molar-refractivity contribution in [2.24, 2.45) is 5.73 Å². The van der Waals surface area contributed by atoms with Gasteiger partial charge in [0.25, 0.3) is 0 Å². The van der Waals surface area contributed by atoms with Gasteiger partial charge < -0.3 is 21.1 Å². The number of benzene rings is 1. The zero-order chi connectivity index (χ0) is 14.4. The molecule has 2 rings (SSSR count). The molecule has 126 valence electrons. The van der Waals surface area contributed by atoms with E-state index in [0.717, 1.165) is 37.4 Å². The van der Waals surface area contributed by atoms with Crippen LogP contribution in [-0.2, 0) is 9.53 Å². The molecular weight excluding hydrogens is 325 g/mol. The van der Waals surface area contributed by atoms with Gasteiger partial charge in [-0.1, -0.05) is 0 Å². The van der Waals surface area contributed by atoms with E-state index in [4.69, 9.17) is 10.5 Å². The summed E-state index contributed by atoms with van der Waals surface area (Å²) in [6.45, 7) is 3.46. The number of nitrogens with two attached hydrogens (primary N) is 1. The quantitative estimate of drug-likeness (QED) is 0.763. The number of hydrogen-bond acceptors (Lipinski definition) is 4. The van der Waals surface area contributed by atoms with Crippen molar-refractivity contribution in [2.75, 3.05) is 23.8 Å². The van der Waals surface area contributed by atoms with Gasteiger partial charge in [-0.2, -0.15) is 0 Å². The summed E-state index contributed by atoms with van der Waals surface area (Å²) in [5, 5.41) is 6.32. The Morgan fingerprint density at radius 2 is 1.77 bits per heavy atom. The second-order valence-electron chi connectivity index (χ2n) is 5.34. The van der Waals surface area contributed by atoms with Gasteiger partial charge in [0.1, 0.15) is 0 Å². The minimum absolute atomic E-state index is 0. The van der Waals surface area contributed by atoms with Gasteiger partial charge in [0, 0.05) is 43.1 Å². The largest absolute Gasteiger partial charge is 0.382 e. The van der Waals surface area contributed by atoms with Crippen molar-refractivity contribution in [3.05, 3.63) is 24.3 Å². The average Bonchev–Trinajstić information content (AvgIpc) is 2.41. The van der Waals surface area contributed by atoms with E-state index < -0.39 is 0 Å². The molecule has 0 spiro atoms. The normalized spacial score (nSPS) is 15.9. The van der Waals surface area contributed by atoms with Crippen LogP contribution in [0, 0.1) is 0 Å². The number of amides is 1. The smallest absolute Gasteiger partial charge is 0.225 e. The topological polar surface area (TPSA) is 76.4 Å². The molecule has 1 amide bonds. The first kappa shape index (κ1) is 21.0. The van der Waals surface area contributed by atoms with Gasteiger partial charge in [-0.25, -0.2) is 0 Å². The van der Waals surface area contributed by atoms with Crippen LogP contribution in [0.1, 0.15) is 26.2 Å². The SMILES string of the molecule is CC(N)CC(=O)Nc1ccc(NC2CCOCC2)cc1.Cl.Cl. The fourth-order valence-corrected chi connectivity index (χ4v) is 2.23. The number of carbonyl (C=O) groups excluding carboxylic acids is 1. The van der Waals surface area contributed by atoms with Gasteiger partial charge in [-0.15, -0.1) is 24.8 Å². The van der Waals surface area contributed by atoms with E-state index in [2.05, 4.69) is 10.6 Å². The monoisotopic (exact) mass is 349 g/mol. The van der Waals surface area contributed by atoms with Crippen LogP contribution in [0.3, 0.4) is 0 Å².